The number of Topliss-reactive ketones (excluding diaryl/α,β-unsaturated/α-hetero) is 1. The summed E-state index contributed by atoms with van der Waals surface area (Å²) >= 11 is 6.01. The predicted octanol–water partition coefficient (Wildman–Crippen LogP) is 10.7. The van der Waals surface area contributed by atoms with E-state index in [1.807, 2.05) is 39.8 Å². The van der Waals surface area contributed by atoms with Crippen LogP contribution in [0.2, 0.25) is 0 Å². The number of benzene rings is 2. The first-order chi connectivity index (χ1) is 42.5. The van der Waals surface area contributed by atoms with Gasteiger partial charge < -0.3 is 34.7 Å². The van der Waals surface area contributed by atoms with Gasteiger partial charge in [-0.25, -0.2) is 4.39 Å². The number of nitrogens with zero attached hydrogens (tertiary/aromatic N) is 1. The van der Waals surface area contributed by atoms with Gasteiger partial charge in [0.15, 0.2) is 22.8 Å². The molecule has 8 aliphatic rings. The average Bonchev–Trinajstić information content (AvgIpc) is 1.64. The molecule has 18 atom stereocenters. The molecule has 93 heavy (non-hydrogen) atoms. The minimum Gasteiger partial charge on any atom is -0.545 e. The summed E-state index contributed by atoms with van der Waals surface area (Å²) in [4.78, 5) is 64.7. The van der Waals surface area contributed by atoms with Crippen LogP contribution < -0.4 is 34.7 Å². The average molecular weight is 1330 g/mol. The Bertz CT molecular complexity index is 3330. The number of alkyl halides is 2. The van der Waals surface area contributed by atoms with Crippen molar-refractivity contribution in [2.45, 2.75) is 223 Å². The topological polar surface area (TPSA) is 191 Å². The number of carbonyl (C=O) groups excluding carboxylic acids is 5. The third-order valence-electron chi connectivity index (χ3n) is 24.2. The van der Waals surface area contributed by atoms with Gasteiger partial charge in [-0.2, -0.15) is 0 Å². The zero-order valence-corrected chi connectivity index (χ0v) is 62.0. The molecular formula is C77H105Cl2FNNaO11. The number of aliphatic carboxylic acids is 1. The normalized spacial score (nSPS) is 37.5. The van der Waals surface area contributed by atoms with Gasteiger partial charge in [0.05, 0.1) is 30.2 Å². The maximum Gasteiger partial charge on any atom is 1.00 e. The van der Waals surface area contributed by atoms with Crippen LogP contribution in [0.3, 0.4) is 0 Å². The van der Waals surface area contributed by atoms with Crippen LogP contribution in [0.5, 0.6) is 0 Å². The van der Waals surface area contributed by atoms with Crippen LogP contribution in [-0.4, -0.2) is 105 Å². The van der Waals surface area contributed by atoms with Crippen molar-refractivity contribution in [3.8, 4) is 11.8 Å². The molecule has 0 radical (unpaired) electrons. The first-order valence-corrected chi connectivity index (χ1v) is 34.1. The zero-order chi connectivity index (χ0) is 67.2. The number of carboxylic acid groups (broad SMARTS) is 1. The Hall–Kier alpha value is -3.94. The van der Waals surface area contributed by atoms with Gasteiger partial charge in [-0.05, 0) is 217 Å². The largest absolute Gasteiger partial charge is 1.00 e. The maximum atomic E-state index is 17.2. The Labute approximate surface area is 587 Å². The van der Waals surface area contributed by atoms with Gasteiger partial charge >= 0.3 is 41.5 Å². The number of fused-ring (bicyclic) bond motifs is 11. The first-order valence-electron chi connectivity index (χ1n) is 33.6. The van der Waals surface area contributed by atoms with E-state index in [-0.39, 0.29) is 135 Å². The summed E-state index contributed by atoms with van der Waals surface area (Å²) in [5, 5.41) is 49.1. The molecule has 0 spiro atoms. The van der Waals surface area contributed by atoms with Gasteiger partial charge in [0, 0.05) is 54.5 Å². The second-order valence-corrected chi connectivity index (χ2v) is 31.2. The number of likely N-dealkylation sites (N-methyl/N-ethyl adjacent to an activating group) is 1. The summed E-state index contributed by atoms with van der Waals surface area (Å²) < 4.78 is 28.9. The SMILES string of the molecule is CC(=O)O[C@H]1C[C@@]2(C)[C@@H](C[C@@H](O)[C@H]3[C@@]4(C)CC[C@@H](O)[C@@H](C)[C@@H]4CC[C@@]32C)/C1=C(\CCC=C(C)C)C(=O)[O-].CCC(=O)O[C@]1(C(=O)CCl)[C@@H](C)C[C@H]2[C@@H]3CCC4=CC(=O)C=C[C@]4(C)[C@@]3(F)[C@@H](O)C[C@@]21C.CN(C/C=C/C#CC(C)(C)C)Cc1cccc2ccccc12.Cl.[Na+]. The van der Waals surface area contributed by atoms with E-state index in [0.29, 0.717) is 62.0 Å². The molecule has 16 heteroatoms. The van der Waals surface area contributed by atoms with E-state index in [0.717, 1.165) is 44.3 Å². The van der Waals surface area contributed by atoms with E-state index < -0.39 is 64.2 Å². The molecule has 7 fully saturated rings. The quantitative estimate of drug-likeness (QED) is 0.0430. The third kappa shape index (κ3) is 14.4. The number of carboxylic acids is 1. The zero-order valence-electron chi connectivity index (χ0n) is 58.4. The molecule has 0 saturated heterocycles. The van der Waals surface area contributed by atoms with Crippen LogP contribution in [0.15, 0.2) is 101 Å². The molecule has 7 saturated carbocycles. The minimum atomic E-state index is -1.99. The van der Waals surface area contributed by atoms with Crippen molar-refractivity contribution < 1.29 is 87.8 Å². The summed E-state index contributed by atoms with van der Waals surface area (Å²) in [5.74, 6) is 2.51. The van der Waals surface area contributed by atoms with Crippen molar-refractivity contribution in [1.29, 1.82) is 0 Å². The molecule has 2 aromatic rings. The number of halogens is 3. The van der Waals surface area contributed by atoms with E-state index in [2.05, 4.69) is 121 Å². The van der Waals surface area contributed by atoms with Gasteiger partial charge in [-0.15, -0.1) is 24.0 Å². The summed E-state index contributed by atoms with van der Waals surface area (Å²) in [5.41, 5.74) is -2.08. The number of ketones is 2. The van der Waals surface area contributed by atoms with Crippen molar-refractivity contribution in [1.82, 2.24) is 4.90 Å². The van der Waals surface area contributed by atoms with Gasteiger partial charge in [0.1, 0.15) is 6.10 Å². The van der Waals surface area contributed by atoms with Gasteiger partial charge in [0.25, 0.3) is 0 Å². The summed E-state index contributed by atoms with van der Waals surface area (Å²) in [6.45, 7) is 29.7. The van der Waals surface area contributed by atoms with Crippen molar-refractivity contribution in [3.05, 3.63) is 107 Å². The van der Waals surface area contributed by atoms with Gasteiger partial charge in [-0.1, -0.05) is 132 Å². The first kappa shape index (κ1) is 78.1. The second kappa shape index (κ2) is 30.0. The Morgan fingerprint density at radius 2 is 1.56 bits per heavy atom. The van der Waals surface area contributed by atoms with Crippen LogP contribution in [0.4, 0.5) is 4.39 Å². The number of esters is 2. The fourth-order valence-electron chi connectivity index (χ4n) is 19.9. The predicted molar refractivity (Wildman–Crippen MR) is 362 cm³/mol. The van der Waals surface area contributed by atoms with Crippen LogP contribution >= 0.6 is 24.0 Å². The number of rotatable bonds is 13. The number of allylic oxidation sites excluding steroid dienone is 7. The van der Waals surface area contributed by atoms with E-state index in [1.54, 1.807) is 19.9 Å². The molecule has 0 aromatic heterocycles. The number of aliphatic hydroxyl groups excluding tert-OH is 3. The van der Waals surface area contributed by atoms with Crippen LogP contribution in [0.1, 0.15) is 186 Å². The summed E-state index contributed by atoms with van der Waals surface area (Å²) in [6, 6.07) is 15.1. The van der Waals surface area contributed by atoms with E-state index in [9.17, 15) is 44.4 Å². The van der Waals surface area contributed by atoms with E-state index >= 15 is 4.39 Å². The van der Waals surface area contributed by atoms with Crippen LogP contribution in [0, 0.1) is 85.8 Å². The molecule has 0 bridgehead atoms. The molecule has 0 aliphatic heterocycles. The Morgan fingerprint density at radius 1 is 0.882 bits per heavy atom. The van der Waals surface area contributed by atoms with Crippen molar-refractivity contribution in [3.63, 3.8) is 0 Å². The molecule has 2 aromatic carbocycles. The van der Waals surface area contributed by atoms with Crippen molar-refractivity contribution in [2.24, 2.45) is 73.9 Å². The molecule has 12 nitrogen and oxygen atoms in total. The van der Waals surface area contributed by atoms with Gasteiger partial charge in [0.2, 0.25) is 0 Å². The standard InChI is InChI=1S/C31H48O6.C25H32ClFO5.C21H25N.ClH.Na/c1-17(2)9-8-10-20(28(35)36)26-22-15-24(34)27-29(5)13-12-23(33)18(3)21(29)11-14-30(27,6)31(22,7)16-25(26)37-19(4)32;1-5-21(31)32-25(20(30)13-26)14(2)10-18-17-7-6-15-11-16(28)8-9-22(15,3)24(17,27)19(29)12-23(18,25)4;1-21(2,3)15-8-5-9-16-22(4)17-19-13-10-12-18-11-6-7-14-20(18)19;;/h9,18,21-25,27,33-34H,8,10-16H2,1-7H3,(H,35,36);8-9,11,14,17-19,29H,5-7,10,12-13H2,1-4H3;5-7,9-14H,16-17H2,1-4H3;1H;/q;;;;+1/p-1/b26-20-;;9-5+;;/t18-,21-,22-,23+,24+,25-,27-,29-,30-,31-;14-,17-,18-,19-,22-,23-,24-,25-;;;/m00.../s1. The van der Waals surface area contributed by atoms with E-state index in [4.69, 9.17) is 21.1 Å². The Balaban J connectivity index is 0.000000226. The summed E-state index contributed by atoms with van der Waals surface area (Å²) in [7, 11) is 2.14. The summed E-state index contributed by atoms with van der Waals surface area (Å²) in [6.07, 6.45) is 14.7. The molecule has 0 heterocycles. The van der Waals surface area contributed by atoms with Crippen molar-refractivity contribution in [2.75, 3.05) is 19.5 Å². The van der Waals surface area contributed by atoms with E-state index in [1.165, 1.54) is 35.4 Å². The monoisotopic (exact) mass is 1330 g/mol. The third-order valence-corrected chi connectivity index (χ3v) is 24.5. The number of ether oxygens (including phenoxy) is 2. The number of carbonyl (C=O) groups is 5. The minimum absolute atomic E-state index is 0. The number of hydrogen-bond acceptors (Lipinski definition) is 12. The Kier molecular flexibility index (Phi) is 25.2. The molecule has 8 aliphatic carbocycles. The fraction of sp³-hybridized carbons (Fsp3) is 0.649. The number of hydrogen-bond donors (Lipinski definition) is 3. The molecule has 3 N–H and O–H groups in total. The smallest absolute Gasteiger partial charge is 0.545 e. The molecule has 0 amide bonds. The van der Waals surface area contributed by atoms with Crippen LogP contribution in [0.25, 0.3) is 10.8 Å². The molecule has 0 unspecified atom stereocenters. The Morgan fingerprint density at radius 3 is 2.19 bits per heavy atom. The molecular weight excluding hydrogens is 1230 g/mol. The fourth-order valence-corrected chi connectivity index (χ4v) is 20.1. The second-order valence-electron chi connectivity index (χ2n) is 30.9. The molecule has 10 rings (SSSR count). The molecule has 506 valence electrons. The maximum absolute atomic E-state index is 17.2. The van der Waals surface area contributed by atoms with Crippen molar-refractivity contribution >= 4 is 64.3 Å². The van der Waals surface area contributed by atoms with Crippen LogP contribution in [-0.2, 0) is 40.0 Å². The van der Waals surface area contributed by atoms with Gasteiger partial charge in [-0.3, -0.25) is 24.1 Å². The number of aliphatic hydroxyl groups is 3.